The second-order valence-corrected chi connectivity index (χ2v) is 9.68. The molecule has 5 rings (SSSR count). The van der Waals surface area contributed by atoms with Crippen molar-refractivity contribution >= 4 is 0 Å². The van der Waals surface area contributed by atoms with Crippen LogP contribution in [-0.4, -0.2) is 92.3 Å². The highest BCUT2D eigenvalue weighted by molar-refractivity contribution is 5.45. The van der Waals surface area contributed by atoms with Crippen molar-refractivity contribution in [3.05, 3.63) is 47.5 Å². The maximum atomic E-state index is 10.3. The fraction of sp³-hybridized carbons (Fsp3) is 0.556. The zero-order valence-corrected chi connectivity index (χ0v) is 21.4. The fourth-order valence-electron chi connectivity index (χ4n) is 5.51. The summed E-state index contributed by atoms with van der Waals surface area (Å²) >= 11 is 0. The van der Waals surface area contributed by atoms with E-state index < -0.39 is 37.3 Å². The Labute approximate surface area is 220 Å². The van der Waals surface area contributed by atoms with Gasteiger partial charge in [-0.25, -0.2) is 0 Å². The summed E-state index contributed by atoms with van der Waals surface area (Å²) in [5, 5.41) is 39.8. The Balaban J connectivity index is 1.31. The third-order valence-electron chi connectivity index (χ3n) is 7.61. The summed E-state index contributed by atoms with van der Waals surface area (Å²) in [5.74, 6) is 2.21. The molecule has 3 fully saturated rings. The van der Waals surface area contributed by atoms with Crippen molar-refractivity contribution in [1.82, 2.24) is 0 Å². The standard InChI is InChI=1S/C27H34O11/c1-32-17-6-4-13(8-19(17)33-2)25-15-11-36-26(16(15)12-35-25)14-5-7-18(20(9-14)34-3)37-27-24(31)23(30)22(29)21(10-28)38-27/h4-9,15-16,21-31H,10-12H2,1-3H3/t15-,16-,21+,22-,23-,24-,25+,26+,27+/m1/s1. The van der Waals surface area contributed by atoms with Crippen LogP contribution in [0.15, 0.2) is 36.4 Å². The van der Waals surface area contributed by atoms with Crippen molar-refractivity contribution in [2.45, 2.75) is 42.9 Å². The summed E-state index contributed by atoms with van der Waals surface area (Å²) in [5.41, 5.74) is 1.88. The minimum atomic E-state index is -1.54. The van der Waals surface area contributed by atoms with E-state index in [9.17, 15) is 20.4 Å². The average molecular weight is 535 g/mol. The SMILES string of the molecule is COc1ccc([C@@H]2OC[C@@H]3[C@H]2CO[C@H]3c2ccc(O[C@H]3O[C@@H](CO)[C@@H](O)[C@@H](O)[C@H]3O)c(OC)c2)cc1OC. The van der Waals surface area contributed by atoms with Crippen LogP contribution in [0.3, 0.4) is 0 Å². The van der Waals surface area contributed by atoms with E-state index in [0.717, 1.165) is 11.1 Å². The lowest BCUT2D eigenvalue weighted by molar-refractivity contribution is -0.277. The topological polar surface area (TPSA) is 146 Å². The van der Waals surface area contributed by atoms with Crippen LogP contribution >= 0.6 is 0 Å². The van der Waals surface area contributed by atoms with E-state index in [0.29, 0.717) is 30.5 Å². The number of aliphatic hydroxyl groups excluding tert-OH is 4. The van der Waals surface area contributed by atoms with E-state index in [1.54, 1.807) is 26.4 Å². The molecule has 208 valence electrons. The largest absolute Gasteiger partial charge is 0.493 e. The number of aliphatic hydroxyl groups is 4. The monoisotopic (exact) mass is 534 g/mol. The van der Waals surface area contributed by atoms with Crippen molar-refractivity contribution in [1.29, 1.82) is 0 Å². The number of benzene rings is 2. The van der Waals surface area contributed by atoms with Gasteiger partial charge in [-0.1, -0.05) is 12.1 Å². The molecule has 11 nitrogen and oxygen atoms in total. The molecule has 3 aliphatic rings. The molecule has 0 aliphatic carbocycles. The van der Waals surface area contributed by atoms with Crippen LogP contribution in [0.1, 0.15) is 23.3 Å². The van der Waals surface area contributed by atoms with Gasteiger partial charge in [0.15, 0.2) is 23.0 Å². The van der Waals surface area contributed by atoms with Gasteiger partial charge in [-0.15, -0.1) is 0 Å². The first kappa shape index (κ1) is 26.9. The van der Waals surface area contributed by atoms with Gasteiger partial charge in [-0.3, -0.25) is 0 Å². The molecule has 4 N–H and O–H groups in total. The fourth-order valence-corrected chi connectivity index (χ4v) is 5.51. The first-order chi connectivity index (χ1) is 18.4. The van der Waals surface area contributed by atoms with Crippen LogP contribution in [0, 0.1) is 11.8 Å². The molecule has 0 saturated carbocycles. The molecular weight excluding hydrogens is 500 g/mol. The molecule has 11 heteroatoms. The first-order valence-corrected chi connectivity index (χ1v) is 12.5. The van der Waals surface area contributed by atoms with Crippen LogP contribution in [0.4, 0.5) is 0 Å². The van der Waals surface area contributed by atoms with Crippen LogP contribution in [-0.2, 0) is 14.2 Å². The van der Waals surface area contributed by atoms with Crippen LogP contribution in [0.2, 0.25) is 0 Å². The van der Waals surface area contributed by atoms with Gasteiger partial charge in [0.1, 0.15) is 24.4 Å². The minimum Gasteiger partial charge on any atom is -0.493 e. The quantitative estimate of drug-likeness (QED) is 0.384. The highest BCUT2D eigenvalue weighted by Gasteiger charge is 2.49. The molecule has 0 aromatic heterocycles. The molecule has 0 amide bonds. The third-order valence-corrected chi connectivity index (χ3v) is 7.61. The summed E-state index contributed by atoms with van der Waals surface area (Å²) in [7, 11) is 4.69. The van der Waals surface area contributed by atoms with Crippen LogP contribution < -0.4 is 18.9 Å². The summed E-state index contributed by atoms with van der Waals surface area (Å²) in [6.45, 7) is 0.508. The molecule has 0 spiro atoms. The number of hydrogen-bond donors (Lipinski definition) is 4. The van der Waals surface area contributed by atoms with Crippen LogP contribution in [0.25, 0.3) is 0 Å². The summed E-state index contributed by atoms with van der Waals surface area (Å²) < 4.78 is 40.1. The number of ether oxygens (including phenoxy) is 7. The van der Waals surface area contributed by atoms with Gasteiger partial charge in [-0.05, 0) is 35.4 Å². The highest BCUT2D eigenvalue weighted by atomic mass is 16.7. The van der Waals surface area contributed by atoms with E-state index in [1.807, 2.05) is 24.3 Å². The molecule has 2 aromatic rings. The molecule has 0 radical (unpaired) electrons. The van der Waals surface area contributed by atoms with Gasteiger partial charge < -0.3 is 53.6 Å². The summed E-state index contributed by atoms with van der Waals surface area (Å²) in [6, 6.07) is 11.1. The Morgan fingerprint density at radius 2 is 1.24 bits per heavy atom. The Bertz CT molecular complexity index is 1110. The van der Waals surface area contributed by atoms with Crippen molar-refractivity contribution in [3.8, 4) is 23.0 Å². The Kier molecular flexibility index (Phi) is 7.96. The number of methoxy groups -OCH3 is 3. The second kappa shape index (κ2) is 11.2. The molecule has 9 atom stereocenters. The molecule has 0 bridgehead atoms. The lowest BCUT2D eigenvalue weighted by Crippen LogP contribution is -2.60. The predicted octanol–water partition coefficient (Wildman–Crippen LogP) is 0.966. The van der Waals surface area contributed by atoms with E-state index in [1.165, 1.54) is 7.11 Å². The van der Waals surface area contributed by atoms with Crippen molar-refractivity contribution in [2.24, 2.45) is 11.8 Å². The molecule has 3 heterocycles. The zero-order chi connectivity index (χ0) is 27.0. The maximum Gasteiger partial charge on any atom is 0.229 e. The lowest BCUT2D eigenvalue weighted by Gasteiger charge is -2.39. The molecule has 3 saturated heterocycles. The lowest BCUT2D eigenvalue weighted by atomic mass is 9.85. The second-order valence-electron chi connectivity index (χ2n) is 9.68. The van der Waals surface area contributed by atoms with Gasteiger partial charge in [0.05, 0.1) is 53.4 Å². The van der Waals surface area contributed by atoms with Crippen LogP contribution in [0.5, 0.6) is 23.0 Å². The van der Waals surface area contributed by atoms with E-state index >= 15 is 0 Å². The van der Waals surface area contributed by atoms with E-state index in [2.05, 4.69) is 0 Å². The normalized spacial score (nSPS) is 34.6. The zero-order valence-electron chi connectivity index (χ0n) is 21.4. The Hall–Kier alpha value is -2.64. The highest BCUT2D eigenvalue weighted by Crippen LogP contribution is 2.51. The smallest absolute Gasteiger partial charge is 0.229 e. The predicted molar refractivity (Wildman–Crippen MR) is 131 cm³/mol. The summed E-state index contributed by atoms with van der Waals surface area (Å²) in [4.78, 5) is 0. The van der Waals surface area contributed by atoms with Crippen molar-refractivity contribution < 1.29 is 53.6 Å². The Morgan fingerprint density at radius 3 is 1.76 bits per heavy atom. The van der Waals surface area contributed by atoms with Gasteiger partial charge in [-0.2, -0.15) is 0 Å². The molecule has 0 unspecified atom stereocenters. The molecule has 38 heavy (non-hydrogen) atoms. The van der Waals surface area contributed by atoms with E-state index in [4.69, 9.17) is 33.2 Å². The van der Waals surface area contributed by atoms with Crippen molar-refractivity contribution in [2.75, 3.05) is 41.2 Å². The number of fused-ring (bicyclic) bond motifs is 1. The number of rotatable bonds is 8. The third kappa shape index (κ3) is 4.79. The molecule has 3 aliphatic heterocycles. The van der Waals surface area contributed by atoms with Gasteiger partial charge >= 0.3 is 0 Å². The molecular formula is C27H34O11. The van der Waals surface area contributed by atoms with Crippen molar-refractivity contribution in [3.63, 3.8) is 0 Å². The molecule has 2 aromatic carbocycles. The van der Waals surface area contributed by atoms with Gasteiger partial charge in [0.2, 0.25) is 6.29 Å². The minimum absolute atomic E-state index is 0.120. The van der Waals surface area contributed by atoms with E-state index in [-0.39, 0.29) is 29.8 Å². The summed E-state index contributed by atoms with van der Waals surface area (Å²) in [6.07, 6.45) is -7.29. The van der Waals surface area contributed by atoms with Gasteiger partial charge in [0, 0.05) is 11.8 Å². The first-order valence-electron chi connectivity index (χ1n) is 12.5. The van der Waals surface area contributed by atoms with Gasteiger partial charge in [0.25, 0.3) is 0 Å². The maximum absolute atomic E-state index is 10.3. The Morgan fingerprint density at radius 1 is 0.711 bits per heavy atom. The number of hydrogen-bond acceptors (Lipinski definition) is 11. The average Bonchev–Trinajstić information content (AvgIpc) is 3.55.